The Kier molecular flexibility index (Phi) is 4.79. The number of methoxy groups -OCH3 is 1. The molecule has 1 aromatic rings. The largest absolute Gasteiger partial charge is 0.479 e. The van der Waals surface area contributed by atoms with Gasteiger partial charge in [0.1, 0.15) is 5.82 Å². The van der Waals surface area contributed by atoms with Gasteiger partial charge in [-0.05, 0) is 23.6 Å². The summed E-state index contributed by atoms with van der Waals surface area (Å²) in [7, 11) is 1.21. The van der Waals surface area contributed by atoms with Crippen LogP contribution in [-0.4, -0.2) is 29.3 Å². The van der Waals surface area contributed by atoms with Gasteiger partial charge >= 0.3 is 11.9 Å². The van der Waals surface area contributed by atoms with Gasteiger partial charge in [-0.25, -0.2) is 9.18 Å². The van der Waals surface area contributed by atoms with Gasteiger partial charge in [0, 0.05) is 6.42 Å². The summed E-state index contributed by atoms with van der Waals surface area (Å²) < 4.78 is 18.0. The molecular formula is C12H13FO5. The molecule has 0 aliphatic rings. The summed E-state index contributed by atoms with van der Waals surface area (Å²) in [5.41, 5.74) is -0.0378. The monoisotopic (exact) mass is 256 g/mol. The highest BCUT2D eigenvalue weighted by Gasteiger charge is 2.21. The zero-order valence-corrected chi connectivity index (χ0v) is 9.72. The SMILES string of the molecule is COC(=O)CCc1c(F)cccc1C(O)C(=O)O. The topological polar surface area (TPSA) is 83.8 Å². The van der Waals surface area contributed by atoms with E-state index in [4.69, 9.17) is 5.11 Å². The molecular weight excluding hydrogens is 243 g/mol. The third-order valence-corrected chi connectivity index (χ3v) is 2.49. The van der Waals surface area contributed by atoms with Crippen molar-refractivity contribution in [3.8, 4) is 0 Å². The minimum absolute atomic E-state index is 0.0119. The molecule has 0 fully saturated rings. The number of carboxylic acids is 1. The van der Waals surface area contributed by atoms with E-state index in [-0.39, 0.29) is 24.0 Å². The number of aliphatic hydroxyl groups is 1. The molecule has 0 saturated heterocycles. The highest BCUT2D eigenvalue weighted by Crippen LogP contribution is 2.22. The summed E-state index contributed by atoms with van der Waals surface area (Å²) in [6.07, 6.45) is -1.93. The first-order valence-electron chi connectivity index (χ1n) is 5.22. The number of hydrogen-bond donors (Lipinski definition) is 2. The quantitative estimate of drug-likeness (QED) is 0.769. The minimum Gasteiger partial charge on any atom is -0.479 e. The number of esters is 1. The number of hydrogen-bond acceptors (Lipinski definition) is 4. The van der Waals surface area contributed by atoms with E-state index in [0.717, 1.165) is 6.07 Å². The summed E-state index contributed by atoms with van der Waals surface area (Å²) >= 11 is 0. The molecule has 5 nitrogen and oxygen atoms in total. The van der Waals surface area contributed by atoms with Crippen LogP contribution in [0.4, 0.5) is 4.39 Å². The number of aliphatic carboxylic acids is 1. The highest BCUT2D eigenvalue weighted by atomic mass is 19.1. The Morgan fingerprint density at radius 1 is 1.44 bits per heavy atom. The van der Waals surface area contributed by atoms with Crippen molar-refractivity contribution in [2.24, 2.45) is 0 Å². The van der Waals surface area contributed by atoms with Crippen molar-refractivity contribution in [1.29, 1.82) is 0 Å². The molecule has 0 aliphatic carbocycles. The summed E-state index contributed by atoms with van der Waals surface area (Å²) in [6, 6.07) is 3.76. The average molecular weight is 256 g/mol. The number of ether oxygens (including phenoxy) is 1. The first kappa shape index (κ1) is 14.1. The smallest absolute Gasteiger partial charge is 0.337 e. The third kappa shape index (κ3) is 3.27. The maximum absolute atomic E-state index is 13.6. The molecule has 0 aliphatic heterocycles. The third-order valence-electron chi connectivity index (χ3n) is 2.49. The molecule has 0 spiro atoms. The van der Waals surface area contributed by atoms with Crippen LogP contribution in [0.5, 0.6) is 0 Å². The fraction of sp³-hybridized carbons (Fsp3) is 0.333. The standard InChI is InChI=1S/C12H13FO5/c1-18-10(14)6-5-7-8(11(15)12(16)17)3-2-4-9(7)13/h2-4,11,15H,5-6H2,1H3,(H,16,17). The van der Waals surface area contributed by atoms with E-state index in [9.17, 15) is 19.1 Å². The molecule has 0 radical (unpaired) electrons. The molecule has 2 N–H and O–H groups in total. The lowest BCUT2D eigenvalue weighted by atomic mass is 9.98. The highest BCUT2D eigenvalue weighted by molar-refractivity contribution is 5.75. The molecule has 1 rings (SSSR count). The fourth-order valence-corrected chi connectivity index (χ4v) is 1.56. The predicted octanol–water partition coefficient (Wildman–Crippen LogP) is 1.05. The second kappa shape index (κ2) is 6.11. The number of carbonyl (C=O) groups is 2. The van der Waals surface area contributed by atoms with E-state index in [0.29, 0.717) is 0 Å². The van der Waals surface area contributed by atoms with E-state index in [1.165, 1.54) is 19.2 Å². The van der Waals surface area contributed by atoms with Crippen molar-refractivity contribution >= 4 is 11.9 Å². The molecule has 0 amide bonds. The maximum atomic E-state index is 13.6. The molecule has 18 heavy (non-hydrogen) atoms. The Hall–Kier alpha value is -1.95. The number of benzene rings is 1. The van der Waals surface area contributed by atoms with Crippen molar-refractivity contribution in [2.75, 3.05) is 7.11 Å². The molecule has 1 aromatic carbocycles. The van der Waals surface area contributed by atoms with Gasteiger partial charge in [-0.1, -0.05) is 12.1 Å². The van der Waals surface area contributed by atoms with Crippen LogP contribution < -0.4 is 0 Å². The van der Waals surface area contributed by atoms with Crippen LogP contribution in [0, 0.1) is 5.82 Å². The minimum atomic E-state index is -1.81. The summed E-state index contributed by atoms with van der Waals surface area (Å²) in [5, 5.41) is 18.2. The van der Waals surface area contributed by atoms with Gasteiger partial charge in [0.2, 0.25) is 0 Å². The second-order valence-electron chi connectivity index (χ2n) is 3.62. The van der Waals surface area contributed by atoms with E-state index in [2.05, 4.69) is 4.74 Å². The lowest BCUT2D eigenvalue weighted by Crippen LogP contribution is -2.14. The van der Waals surface area contributed by atoms with Crippen LogP contribution in [0.15, 0.2) is 18.2 Å². The Balaban J connectivity index is 3.01. The van der Waals surface area contributed by atoms with Crippen LogP contribution in [0.1, 0.15) is 23.7 Å². The number of carboxylic acid groups (broad SMARTS) is 1. The Labute approximate surface area is 103 Å². The van der Waals surface area contributed by atoms with Gasteiger partial charge in [-0.3, -0.25) is 4.79 Å². The van der Waals surface area contributed by atoms with Gasteiger partial charge in [0.05, 0.1) is 7.11 Å². The van der Waals surface area contributed by atoms with E-state index in [1.54, 1.807) is 0 Å². The normalized spacial score (nSPS) is 11.9. The Bertz CT molecular complexity index is 458. The van der Waals surface area contributed by atoms with Crippen LogP contribution in [0.2, 0.25) is 0 Å². The number of halogens is 1. The van der Waals surface area contributed by atoms with Crippen LogP contribution >= 0.6 is 0 Å². The van der Waals surface area contributed by atoms with E-state index < -0.39 is 23.9 Å². The predicted molar refractivity (Wildman–Crippen MR) is 59.3 cm³/mol. The maximum Gasteiger partial charge on any atom is 0.337 e. The zero-order valence-electron chi connectivity index (χ0n) is 9.72. The van der Waals surface area contributed by atoms with Crippen molar-refractivity contribution < 1.29 is 28.9 Å². The van der Waals surface area contributed by atoms with Crippen LogP contribution in [-0.2, 0) is 20.7 Å². The molecule has 0 saturated carbocycles. The molecule has 1 atom stereocenters. The molecule has 1 unspecified atom stereocenters. The number of rotatable bonds is 5. The van der Waals surface area contributed by atoms with Crippen molar-refractivity contribution in [3.63, 3.8) is 0 Å². The zero-order chi connectivity index (χ0) is 13.7. The van der Waals surface area contributed by atoms with Crippen LogP contribution in [0.25, 0.3) is 0 Å². The van der Waals surface area contributed by atoms with Crippen LogP contribution in [0.3, 0.4) is 0 Å². The molecule has 98 valence electrons. The first-order valence-corrected chi connectivity index (χ1v) is 5.22. The van der Waals surface area contributed by atoms with Crippen molar-refractivity contribution in [2.45, 2.75) is 18.9 Å². The summed E-state index contributed by atoms with van der Waals surface area (Å²) in [4.78, 5) is 21.7. The van der Waals surface area contributed by atoms with Gasteiger partial charge in [-0.2, -0.15) is 0 Å². The summed E-state index contributed by atoms with van der Waals surface area (Å²) in [6.45, 7) is 0. The van der Waals surface area contributed by atoms with Gasteiger partial charge in [0.15, 0.2) is 6.10 Å². The molecule has 6 heteroatoms. The number of carbonyl (C=O) groups excluding carboxylic acids is 1. The van der Waals surface area contributed by atoms with Gasteiger partial charge in [-0.15, -0.1) is 0 Å². The first-order chi connectivity index (χ1) is 8.47. The molecule has 0 heterocycles. The lowest BCUT2D eigenvalue weighted by molar-refractivity contribution is -0.147. The van der Waals surface area contributed by atoms with Crippen molar-refractivity contribution in [1.82, 2.24) is 0 Å². The average Bonchev–Trinajstić information content (AvgIpc) is 2.35. The second-order valence-corrected chi connectivity index (χ2v) is 3.62. The van der Waals surface area contributed by atoms with Crippen molar-refractivity contribution in [3.05, 3.63) is 35.1 Å². The van der Waals surface area contributed by atoms with E-state index in [1.807, 2.05) is 0 Å². The number of aliphatic hydroxyl groups excluding tert-OH is 1. The Morgan fingerprint density at radius 3 is 2.67 bits per heavy atom. The molecule has 0 bridgehead atoms. The molecule has 0 aromatic heterocycles. The van der Waals surface area contributed by atoms with Gasteiger partial charge < -0.3 is 14.9 Å². The Morgan fingerprint density at radius 2 is 2.11 bits per heavy atom. The van der Waals surface area contributed by atoms with E-state index >= 15 is 0 Å². The summed E-state index contributed by atoms with van der Waals surface area (Å²) in [5.74, 6) is -2.66. The lowest BCUT2D eigenvalue weighted by Gasteiger charge is -2.12. The fourth-order valence-electron chi connectivity index (χ4n) is 1.56. The van der Waals surface area contributed by atoms with Gasteiger partial charge in [0.25, 0.3) is 0 Å².